The van der Waals surface area contributed by atoms with Gasteiger partial charge in [0, 0.05) is 49.0 Å². The number of rotatable bonds is 3. The minimum absolute atomic E-state index is 0.309. The third-order valence-electron chi connectivity index (χ3n) is 7.48. The van der Waals surface area contributed by atoms with Crippen LogP contribution in [-0.2, 0) is 4.79 Å². The van der Waals surface area contributed by atoms with Crippen LogP contribution in [0.3, 0.4) is 0 Å². The van der Waals surface area contributed by atoms with E-state index in [1.165, 1.54) is 37.7 Å². The summed E-state index contributed by atoms with van der Waals surface area (Å²) in [6, 6.07) is 9.66. The van der Waals surface area contributed by atoms with Crippen molar-refractivity contribution in [1.29, 1.82) is 0 Å². The van der Waals surface area contributed by atoms with Gasteiger partial charge in [-0.3, -0.25) is 9.69 Å². The van der Waals surface area contributed by atoms with Gasteiger partial charge in [-0.2, -0.15) is 0 Å². The molecule has 0 radical (unpaired) electrons. The van der Waals surface area contributed by atoms with Crippen LogP contribution in [0, 0.1) is 11.3 Å². The van der Waals surface area contributed by atoms with E-state index in [4.69, 9.17) is 4.74 Å². The molecule has 1 aromatic carbocycles. The minimum Gasteiger partial charge on any atom is -0.497 e. The van der Waals surface area contributed by atoms with Crippen molar-refractivity contribution < 1.29 is 9.53 Å². The molecule has 0 N–H and O–H groups in total. The van der Waals surface area contributed by atoms with Crippen LogP contribution in [0.25, 0.3) is 0 Å². The fourth-order valence-electron chi connectivity index (χ4n) is 5.93. The molecule has 3 atom stereocenters. The Labute approximate surface area is 176 Å². The molecule has 0 spiro atoms. The fourth-order valence-corrected chi connectivity index (χ4v) is 5.93. The molecule has 0 aromatic heterocycles. The highest BCUT2D eigenvalue weighted by Gasteiger charge is 2.49. The van der Waals surface area contributed by atoms with E-state index in [-0.39, 0.29) is 5.41 Å². The first-order valence-corrected chi connectivity index (χ1v) is 11.6. The Balaban J connectivity index is 1.61. The highest BCUT2D eigenvalue weighted by atomic mass is 16.5. The molecule has 160 valence electrons. The summed E-state index contributed by atoms with van der Waals surface area (Å²) in [7, 11) is 1.73. The quantitative estimate of drug-likeness (QED) is 0.740. The molecule has 0 bridgehead atoms. The standard InChI is InChI=1S/C25H38N2O2/c1-25(2,3)24(28)27-17-21(18-9-8-12-20(15-18)29-4)22-16-26(14-13-23(22)27)19-10-6-5-7-11-19/h8-9,12,15,19,21-23H,5-7,10-11,13-14,16-17H2,1-4H3/t21-,22-,23-/m0/s1. The van der Waals surface area contributed by atoms with Crippen LogP contribution < -0.4 is 4.74 Å². The van der Waals surface area contributed by atoms with Crippen molar-refractivity contribution in [2.24, 2.45) is 11.3 Å². The number of amides is 1. The topological polar surface area (TPSA) is 32.8 Å². The van der Waals surface area contributed by atoms with Crippen molar-refractivity contribution in [1.82, 2.24) is 9.80 Å². The van der Waals surface area contributed by atoms with Crippen molar-refractivity contribution in [3.05, 3.63) is 29.8 Å². The zero-order valence-electron chi connectivity index (χ0n) is 18.7. The minimum atomic E-state index is -0.325. The summed E-state index contributed by atoms with van der Waals surface area (Å²) in [6.07, 6.45) is 7.98. The Morgan fingerprint density at radius 2 is 1.83 bits per heavy atom. The molecule has 29 heavy (non-hydrogen) atoms. The maximum atomic E-state index is 13.3. The third-order valence-corrected chi connectivity index (χ3v) is 7.48. The Bertz CT molecular complexity index is 720. The molecule has 0 unspecified atom stereocenters. The summed E-state index contributed by atoms with van der Waals surface area (Å²) in [5, 5.41) is 0. The van der Waals surface area contributed by atoms with E-state index in [0.29, 0.717) is 23.8 Å². The molecule has 2 aliphatic heterocycles. The molecule has 2 saturated heterocycles. The predicted molar refractivity (Wildman–Crippen MR) is 117 cm³/mol. The summed E-state index contributed by atoms with van der Waals surface area (Å²) < 4.78 is 5.50. The van der Waals surface area contributed by atoms with Gasteiger partial charge in [-0.05, 0) is 37.0 Å². The second-order valence-electron chi connectivity index (χ2n) is 10.4. The number of carbonyl (C=O) groups excluding carboxylic acids is 1. The number of benzene rings is 1. The molecule has 4 heteroatoms. The first-order chi connectivity index (χ1) is 13.9. The molecule has 4 rings (SSSR count). The average molecular weight is 399 g/mol. The molecule has 2 heterocycles. The number of likely N-dealkylation sites (tertiary alicyclic amines) is 2. The molecular formula is C25H38N2O2. The van der Waals surface area contributed by atoms with Crippen LogP contribution in [-0.4, -0.2) is 54.5 Å². The second kappa shape index (κ2) is 8.29. The number of methoxy groups -OCH3 is 1. The van der Waals surface area contributed by atoms with Crippen molar-refractivity contribution in [3.8, 4) is 5.75 Å². The summed E-state index contributed by atoms with van der Waals surface area (Å²) in [5.74, 6) is 2.14. The van der Waals surface area contributed by atoms with E-state index < -0.39 is 0 Å². The highest BCUT2D eigenvalue weighted by Crippen LogP contribution is 2.44. The van der Waals surface area contributed by atoms with Gasteiger partial charge in [0.15, 0.2) is 0 Å². The molecule has 4 nitrogen and oxygen atoms in total. The fraction of sp³-hybridized carbons (Fsp3) is 0.720. The van der Waals surface area contributed by atoms with Gasteiger partial charge in [-0.1, -0.05) is 52.2 Å². The third kappa shape index (κ3) is 4.19. The number of piperidine rings is 1. The molecule has 3 fully saturated rings. The van der Waals surface area contributed by atoms with Gasteiger partial charge in [0.2, 0.25) is 5.91 Å². The van der Waals surface area contributed by atoms with Crippen molar-refractivity contribution in [2.75, 3.05) is 26.7 Å². The van der Waals surface area contributed by atoms with Crippen LogP contribution in [0.1, 0.15) is 70.8 Å². The zero-order valence-corrected chi connectivity index (χ0v) is 18.7. The summed E-state index contributed by atoms with van der Waals surface area (Å²) in [5.41, 5.74) is 1.00. The number of hydrogen-bond acceptors (Lipinski definition) is 3. The smallest absolute Gasteiger partial charge is 0.228 e. The van der Waals surface area contributed by atoms with Gasteiger partial charge in [0.25, 0.3) is 0 Å². The Morgan fingerprint density at radius 1 is 1.07 bits per heavy atom. The largest absolute Gasteiger partial charge is 0.497 e. The van der Waals surface area contributed by atoms with E-state index in [0.717, 1.165) is 37.8 Å². The lowest BCUT2D eigenvalue weighted by molar-refractivity contribution is -0.141. The van der Waals surface area contributed by atoms with Gasteiger partial charge < -0.3 is 9.64 Å². The lowest BCUT2D eigenvalue weighted by Gasteiger charge is -2.44. The molecule has 3 aliphatic rings. The van der Waals surface area contributed by atoms with Crippen LogP contribution in [0.4, 0.5) is 0 Å². The van der Waals surface area contributed by atoms with E-state index in [1.807, 2.05) is 6.07 Å². The number of hydrogen-bond donors (Lipinski definition) is 0. The average Bonchev–Trinajstić information content (AvgIpc) is 3.12. The predicted octanol–water partition coefficient (Wildman–Crippen LogP) is 4.69. The Kier molecular flexibility index (Phi) is 5.92. The van der Waals surface area contributed by atoms with E-state index >= 15 is 0 Å². The normalized spacial score (nSPS) is 29.0. The van der Waals surface area contributed by atoms with Gasteiger partial charge >= 0.3 is 0 Å². The maximum absolute atomic E-state index is 13.3. The Hall–Kier alpha value is -1.55. The first-order valence-electron chi connectivity index (χ1n) is 11.6. The van der Waals surface area contributed by atoms with E-state index in [2.05, 4.69) is 48.8 Å². The molecular weight excluding hydrogens is 360 g/mol. The van der Waals surface area contributed by atoms with Crippen LogP contribution in [0.15, 0.2) is 24.3 Å². The number of ether oxygens (including phenoxy) is 1. The first kappa shape index (κ1) is 20.7. The lowest BCUT2D eigenvalue weighted by Crippen LogP contribution is -2.52. The van der Waals surface area contributed by atoms with Crippen molar-refractivity contribution >= 4 is 5.91 Å². The van der Waals surface area contributed by atoms with Crippen molar-refractivity contribution in [3.63, 3.8) is 0 Å². The van der Waals surface area contributed by atoms with Crippen LogP contribution in [0.2, 0.25) is 0 Å². The second-order valence-corrected chi connectivity index (χ2v) is 10.4. The molecule has 1 aliphatic carbocycles. The summed E-state index contributed by atoms with van der Waals surface area (Å²) in [4.78, 5) is 18.3. The monoisotopic (exact) mass is 398 g/mol. The maximum Gasteiger partial charge on any atom is 0.228 e. The summed E-state index contributed by atoms with van der Waals surface area (Å²) in [6.45, 7) is 9.29. The van der Waals surface area contributed by atoms with Gasteiger partial charge in [-0.25, -0.2) is 0 Å². The van der Waals surface area contributed by atoms with Crippen LogP contribution in [0.5, 0.6) is 5.75 Å². The van der Waals surface area contributed by atoms with Gasteiger partial charge in [0.05, 0.1) is 7.11 Å². The zero-order chi connectivity index (χ0) is 20.6. The molecule has 1 saturated carbocycles. The van der Waals surface area contributed by atoms with E-state index in [9.17, 15) is 4.79 Å². The van der Waals surface area contributed by atoms with Crippen molar-refractivity contribution in [2.45, 2.75) is 77.3 Å². The van der Waals surface area contributed by atoms with E-state index in [1.54, 1.807) is 7.11 Å². The number of carbonyl (C=O) groups is 1. The highest BCUT2D eigenvalue weighted by molar-refractivity contribution is 5.82. The van der Waals surface area contributed by atoms with Gasteiger partial charge in [0.1, 0.15) is 5.75 Å². The number of fused-ring (bicyclic) bond motifs is 1. The molecule has 1 aromatic rings. The Morgan fingerprint density at radius 3 is 2.52 bits per heavy atom. The number of nitrogens with zero attached hydrogens (tertiary/aromatic N) is 2. The SMILES string of the molecule is COc1cccc([C@@H]2CN(C(=O)C(C)(C)C)[C@H]3CCN(C4CCCCC4)C[C@@H]23)c1. The van der Waals surface area contributed by atoms with Crippen LogP contribution >= 0.6 is 0 Å². The molecule has 1 amide bonds. The summed E-state index contributed by atoms with van der Waals surface area (Å²) >= 11 is 0. The van der Waals surface area contributed by atoms with Gasteiger partial charge in [-0.15, -0.1) is 0 Å². The lowest BCUT2D eigenvalue weighted by atomic mass is 9.80.